The van der Waals surface area contributed by atoms with Gasteiger partial charge < -0.3 is 4.98 Å². The third-order valence-corrected chi connectivity index (χ3v) is 2.86. The molecule has 1 amide bonds. The highest BCUT2D eigenvalue weighted by molar-refractivity contribution is 6.01. The zero-order valence-electron chi connectivity index (χ0n) is 10.9. The Hall–Kier alpha value is -2.96. The van der Waals surface area contributed by atoms with E-state index in [1.54, 1.807) is 30.5 Å². The topological polar surface area (TPSA) is 86.5 Å². The summed E-state index contributed by atoms with van der Waals surface area (Å²) >= 11 is 0. The standard InChI is InChI=1S/C14H12FN5O/c15-10-4-1-3-9(7-10)8-12-17-14(20-19-12)18-13(21)11-5-2-6-16-11/h1-7,16H,8H2,(H2,17,18,19,20,21). The Kier molecular flexibility index (Phi) is 3.46. The van der Waals surface area contributed by atoms with Gasteiger partial charge in [-0.1, -0.05) is 12.1 Å². The van der Waals surface area contributed by atoms with Crippen molar-refractivity contribution in [1.29, 1.82) is 0 Å². The molecule has 0 fully saturated rings. The van der Waals surface area contributed by atoms with Gasteiger partial charge >= 0.3 is 0 Å². The minimum absolute atomic E-state index is 0.181. The fraction of sp³-hybridized carbons (Fsp3) is 0.0714. The predicted octanol–water partition coefficient (Wildman–Crippen LogP) is 2.12. The molecule has 2 heterocycles. The number of amides is 1. The summed E-state index contributed by atoms with van der Waals surface area (Å²) in [5.74, 6) is 0.104. The molecule has 21 heavy (non-hydrogen) atoms. The van der Waals surface area contributed by atoms with E-state index in [1.165, 1.54) is 12.1 Å². The van der Waals surface area contributed by atoms with Crippen LogP contribution in [0.1, 0.15) is 21.9 Å². The van der Waals surface area contributed by atoms with Gasteiger partial charge in [0.15, 0.2) is 0 Å². The van der Waals surface area contributed by atoms with Gasteiger partial charge in [-0.15, -0.1) is 5.10 Å². The molecule has 0 spiro atoms. The molecular formula is C14H12FN5O. The van der Waals surface area contributed by atoms with Crippen molar-refractivity contribution in [1.82, 2.24) is 20.2 Å². The Morgan fingerprint density at radius 2 is 2.19 bits per heavy atom. The lowest BCUT2D eigenvalue weighted by atomic mass is 10.1. The normalized spacial score (nSPS) is 10.5. The maximum atomic E-state index is 13.1. The number of hydrogen-bond donors (Lipinski definition) is 3. The van der Waals surface area contributed by atoms with Crippen LogP contribution in [0.3, 0.4) is 0 Å². The third kappa shape index (κ3) is 3.14. The van der Waals surface area contributed by atoms with Gasteiger partial charge in [0, 0.05) is 12.6 Å². The van der Waals surface area contributed by atoms with Crippen molar-refractivity contribution in [3.8, 4) is 0 Å². The molecule has 3 rings (SSSR count). The maximum Gasteiger partial charge on any atom is 0.274 e. The molecule has 0 atom stereocenters. The van der Waals surface area contributed by atoms with Crippen molar-refractivity contribution >= 4 is 11.9 Å². The molecule has 0 radical (unpaired) electrons. The van der Waals surface area contributed by atoms with Gasteiger partial charge in [-0.2, -0.15) is 4.98 Å². The van der Waals surface area contributed by atoms with Gasteiger partial charge in [0.25, 0.3) is 5.91 Å². The quantitative estimate of drug-likeness (QED) is 0.686. The molecule has 2 aromatic heterocycles. The summed E-state index contributed by atoms with van der Waals surface area (Å²) in [5, 5.41) is 9.19. The lowest BCUT2D eigenvalue weighted by Crippen LogP contribution is -2.13. The summed E-state index contributed by atoms with van der Waals surface area (Å²) in [6, 6.07) is 9.61. The SMILES string of the molecule is O=C(Nc1n[nH]c(Cc2cccc(F)c2)n1)c1ccc[nH]1. The van der Waals surface area contributed by atoms with Crippen LogP contribution in [0.4, 0.5) is 10.3 Å². The molecule has 0 aliphatic rings. The number of nitrogens with zero attached hydrogens (tertiary/aromatic N) is 2. The number of nitrogens with one attached hydrogen (secondary N) is 3. The van der Waals surface area contributed by atoms with Crippen molar-refractivity contribution in [2.45, 2.75) is 6.42 Å². The van der Waals surface area contributed by atoms with Gasteiger partial charge in [0.2, 0.25) is 5.95 Å². The Bertz CT molecular complexity index is 750. The van der Waals surface area contributed by atoms with Crippen molar-refractivity contribution < 1.29 is 9.18 Å². The summed E-state index contributed by atoms with van der Waals surface area (Å²) in [5.41, 5.74) is 1.19. The van der Waals surface area contributed by atoms with E-state index in [0.29, 0.717) is 17.9 Å². The Morgan fingerprint density at radius 3 is 2.95 bits per heavy atom. The number of rotatable bonds is 4. The summed E-state index contributed by atoms with van der Waals surface area (Å²) in [6.07, 6.45) is 2.06. The number of hydrogen-bond acceptors (Lipinski definition) is 3. The molecule has 7 heteroatoms. The third-order valence-electron chi connectivity index (χ3n) is 2.86. The second kappa shape index (κ2) is 5.58. The highest BCUT2D eigenvalue weighted by Crippen LogP contribution is 2.09. The van der Waals surface area contributed by atoms with Crippen LogP contribution in [0.25, 0.3) is 0 Å². The van der Waals surface area contributed by atoms with Gasteiger partial charge in [-0.05, 0) is 29.8 Å². The van der Waals surface area contributed by atoms with Gasteiger partial charge in [0.1, 0.15) is 17.3 Å². The first kappa shape index (κ1) is 13.0. The zero-order chi connectivity index (χ0) is 14.7. The second-order valence-corrected chi connectivity index (χ2v) is 4.45. The van der Waals surface area contributed by atoms with Crippen LogP contribution in [0, 0.1) is 5.82 Å². The summed E-state index contributed by atoms with van der Waals surface area (Å²) in [7, 11) is 0. The molecule has 0 unspecified atom stereocenters. The van der Waals surface area contributed by atoms with Crippen LogP contribution in [0.2, 0.25) is 0 Å². The van der Waals surface area contributed by atoms with Crippen molar-refractivity contribution in [2.75, 3.05) is 5.32 Å². The van der Waals surface area contributed by atoms with E-state index in [4.69, 9.17) is 0 Å². The minimum Gasteiger partial charge on any atom is -0.357 e. The highest BCUT2D eigenvalue weighted by Gasteiger charge is 2.10. The summed E-state index contributed by atoms with van der Waals surface area (Å²) < 4.78 is 13.1. The second-order valence-electron chi connectivity index (χ2n) is 4.45. The molecule has 0 saturated heterocycles. The molecule has 0 saturated carbocycles. The van der Waals surface area contributed by atoms with Gasteiger partial charge in [-0.3, -0.25) is 15.2 Å². The number of carbonyl (C=O) groups is 1. The molecule has 1 aromatic carbocycles. The average molecular weight is 285 g/mol. The van der Waals surface area contributed by atoms with E-state index in [1.807, 2.05) is 0 Å². The van der Waals surface area contributed by atoms with E-state index in [9.17, 15) is 9.18 Å². The fourth-order valence-electron chi connectivity index (χ4n) is 1.91. The number of anilines is 1. The number of aromatic nitrogens is 4. The van der Waals surface area contributed by atoms with Crippen molar-refractivity contribution in [2.24, 2.45) is 0 Å². The predicted molar refractivity (Wildman–Crippen MR) is 74.3 cm³/mol. The smallest absolute Gasteiger partial charge is 0.274 e. The number of benzene rings is 1. The van der Waals surface area contributed by atoms with Crippen molar-refractivity contribution in [3.05, 3.63) is 65.5 Å². The summed E-state index contributed by atoms with van der Waals surface area (Å²) in [6.45, 7) is 0. The molecule has 3 N–H and O–H groups in total. The number of H-pyrrole nitrogens is 2. The molecule has 0 aliphatic heterocycles. The van der Waals surface area contributed by atoms with E-state index >= 15 is 0 Å². The van der Waals surface area contributed by atoms with E-state index < -0.39 is 0 Å². The van der Waals surface area contributed by atoms with Crippen LogP contribution in [-0.4, -0.2) is 26.1 Å². The van der Waals surface area contributed by atoms with Crippen LogP contribution >= 0.6 is 0 Å². The highest BCUT2D eigenvalue weighted by atomic mass is 19.1. The number of aromatic amines is 2. The fourth-order valence-corrected chi connectivity index (χ4v) is 1.91. The lowest BCUT2D eigenvalue weighted by molar-refractivity contribution is 0.102. The Morgan fingerprint density at radius 1 is 1.29 bits per heavy atom. The molecule has 106 valence electrons. The van der Waals surface area contributed by atoms with Crippen LogP contribution in [0.5, 0.6) is 0 Å². The van der Waals surface area contributed by atoms with Crippen LogP contribution in [0.15, 0.2) is 42.6 Å². The van der Waals surface area contributed by atoms with E-state index in [-0.39, 0.29) is 17.7 Å². The zero-order valence-corrected chi connectivity index (χ0v) is 10.9. The molecule has 0 aliphatic carbocycles. The van der Waals surface area contributed by atoms with Crippen LogP contribution < -0.4 is 5.32 Å². The molecule has 3 aromatic rings. The van der Waals surface area contributed by atoms with Crippen molar-refractivity contribution in [3.63, 3.8) is 0 Å². The first-order valence-corrected chi connectivity index (χ1v) is 6.31. The first-order valence-electron chi connectivity index (χ1n) is 6.31. The number of carbonyl (C=O) groups excluding carboxylic acids is 1. The minimum atomic E-state index is -0.323. The lowest BCUT2D eigenvalue weighted by Gasteiger charge is -1.98. The molecule has 6 nitrogen and oxygen atoms in total. The molecule has 0 bridgehead atoms. The van der Waals surface area contributed by atoms with E-state index in [0.717, 1.165) is 5.56 Å². The van der Waals surface area contributed by atoms with E-state index in [2.05, 4.69) is 25.5 Å². The summed E-state index contributed by atoms with van der Waals surface area (Å²) in [4.78, 5) is 18.7. The molecular weight excluding hydrogens is 273 g/mol. The largest absolute Gasteiger partial charge is 0.357 e. The number of halogens is 1. The Balaban J connectivity index is 1.68. The monoisotopic (exact) mass is 285 g/mol. The van der Waals surface area contributed by atoms with Gasteiger partial charge in [0.05, 0.1) is 0 Å². The first-order chi connectivity index (χ1) is 10.2. The Labute approximate surface area is 119 Å². The maximum absolute atomic E-state index is 13.1. The van der Waals surface area contributed by atoms with Crippen LogP contribution in [-0.2, 0) is 6.42 Å². The average Bonchev–Trinajstić information content (AvgIpc) is 3.10. The van der Waals surface area contributed by atoms with Gasteiger partial charge in [-0.25, -0.2) is 4.39 Å².